The van der Waals surface area contributed by atoms with Crippen molar-refractivity contribution < 1.29 is 4.79 Å². The van der Waals surface area contributed by atoms with Crippen molar-refractivity contribution in [3.63, 3.8) is 0 Å². The molecular weight excluding hydrogens is 184 g/mol. The van der Waals surface area contributed by atoms with E-state index >= 15 is 0 Å². The molecule has 0 atom stereocenters. The van der Waals surface area contributed by atoms with Gasteiger partial charge in [-0.3, -0.25) is 4.79 Å². The molecule has 1 fully saturated rings. The van der Waals surface area contributed by atoms with Gasteiger partial charge in [-0.2, -0.15) is 0 Å². The zero-order valence-electron chi connectivity index (χ0n) is 9.76. The Morgan fingerprint density at radius 1 is 1.33 bits per heavy atom. The number of Topliss-reactive ketones (excluding diaryl/α,β-unsaturated/α-hetero) is 1. The molecule has 1 nitrogen and oxygen atoms in total. The second-order valence-electron chi connectivity index (χ2n) is 4.94. The molecule has 2 rings (SSSR count). The summed E-state index contributed by atoms with van der Waals surface area (Å²) >= 11 is 0. The summed E-state index contributed by atoms with van der Waals surface area (Å²) in [5, 5.41) is 0. The molecule has 0 saturated heterocycles. The van der Waals surface area contributed by atoms with Gasteiger partial charge in [0.25, 0.3) is 0 Å². The highest BCUT2D eigenvalue weighted by molar-refractivity contribution is 5.85. The molecule has 0 aliphatic heterocycles. The van der Waals surface area contributed by atoms with Crippen LogP contribution in [0.2, 0.25) is 0 Å². The van der Waals surface area contributed by atoms with Gasteiger partial charge in [0.1, 0.15) is 5.78 Å². The molecule has 0 radical (unpaired) electrons. The number of hydrogen-bond donors (Lipinski definition) is 0. The monoisotopic (exact) mass is 202 g/mol. The third kappa shape index (κ3) is 1.97. The number of ketones is 1. The van der Waals surface area contributed by atoms with Gasteiger partial charge < -0.3 is 0 Å². The average Bonchev–Trinajstić information content (AvgIpc) is 2.92. The summed E-state index contributed by atoms with van der Waals surface area (Å²) in [4.78, 5) is 11.5. The van der Waals surface area contributed by atoms with E-state index < -0.39 is 0 Å². The van der Waals surface area contributed by atoms with Crippen LogP contribution in [0, 0.1) is 19.3 Å². The molecule has 0 spiro atoms. The van der Waals surface area contributed by atoms with Crippen LogP contribution in [0.3, 0.4) is 0 Å². The number of rotatable bonds is 3. The first-order valence-electron chi connectivity index (χ1n) is 5.61. The lowest BCUT2D eigenvalue weighted by molar-refractivity contribution is -0.121. The van der Waals surface area contributed by atoms with Gasteiger partial charge >= 0.3 is 0 Å². The summed E-state index contributed by atoms with van der Waals surface area (Å²) in [6.07, 6.45) is 3.10. The predicted octanol–water partition coefficient (Wildman–Crippen LogP) is 3.22. The molecule has 1 aliphatic rings. The summed E-state index contributed by atoms with van der Waals surface area (Å²) in [6, 6.07) is 6.51. The van der Waals surface area contributed by atoms with Gasteiger partial charge in [-0.15, -0.1) is 0 Å². The highest BCUT2D eigenvalue weighted by Crippen LogP contribution is 2.49. The fourth-order valence-corrected chi connectivity index (χ4v) is 2.16. The minimum Gasteiger partial charge on any atom is -0.299 e. The summed E-state index contributed by atoms with van der Waals surface area (Å²) in [6.45, 7) is 5.97. The van der Waals surface area contributed by atoms with Crippen molar-refractivity contribution in [2.45, 2.75) is 40.0 Å². The van der Waals surface area contributed by atoms with Crippen molar-refractivity contribution in [3.8, 4) is 0 Å². The lowest BCUT2D eigenvalue weighted by Crippen LogP contribution is -2.15. The topological polar surface area (TPSA) is 17.1 Å². The Morgan fingerprint density at radius 3 is 2.53 bits per heavy atom. The van der Waals surface area contributed by atoms with Gasteiger partial charge in [-0.05, 0) is 51.2 Å². The van der Waals surface area contributed by atoms with Crippen LogP contribution in [0.1, 0.15) is 36.5 Å². The smallest absolute Gasteiger partial charge is 0.136 e. The molecule has 0 heterocycles. The van der Waals surface area contributed by atoms with Crippen molar-refractivity contribution in [1.82, 2.24) is 0 Å². The van der Waals surface area contributed by atoms with Gasteiger partial charge in [-0.25, -0.2) is 0 Å². The Hall–Kier alpha value is -1.11. The van der Waals surface area contributed by atoms with Gasteiger partial charge in [0.15, 0.2) is 0 Å². The molecule has 0 bridgehead atoms. The zero-order valence-corrected chi connectivity index (χ0v) is 9.76. The van der Waals surface area contributed by atoms with Crippen LogP contribution in [0.5, 0.6) is 0 Å². The molecule has 0 aromatic heterocycles. The Morgan fingerprint density at radius 2 is 2.00 bits per heavy atom. The van der Waals surface area contributed by atoms with Crippen molar-refractivity contribution in [2.24, 2.45) is 5.41 Å². The molecule has 1 aromatic rings. The van der Waals surface area contributed by atoms with Crippen molar-refractivity contribution >= 4 is 5.78 Å². The van der Waals surface area contributed by atoms with Gasteiger partial charge in [0.2, 0.25) is 0 Å². The Kier molecular flexibility index (Phi) is 2.41. The summed E-state index contributed by atoms with van der Waals surface area (Å²) < 4.78 is 0. The molecule has 1 heteroatoms. The van der Waals surface area contributed by atoms with Gasteiger partial charge in [0, 0.05) is 5.41 Å². The van der Waals surface area contributed by atoms with Crippen LogP contribution in [-0.4, -0.2) is 5.78 Å². The number of benzene rings is 1. The minimum absolute atomic E-state index is 0.00144. The van der Waals surface area contributed by atoms with Crippen molar-refractivity contribution in [3.05, 3.63) is 34.9 Å². The first-order chi connectivity index (χ1) is 7.03. The van der Waals surface area contributed by atoms with Crippen molar-refractivity contribution in [2.75, 3.05) is 0 Å². The number of carbonyl (C=O) groups is 1. The van der Waals surface area contributed by atoms with Crippen LogP contribution in [-0.2, 0) is 11.2 Å². The van der Waals surface area contributed by atoms with E-state index in [9.17, 15) is 4.79 Å². The van der Waals surface area contributed by atoms with Crippen LogP contribution < -0.4 is 0 Å². The molecule has 1 saturated carbocycles. The lowest BCUT2D eigenvalue weighted by Gasteiger charge is -2.13. The number of aryl methyl sites for hydroxylation is 2. The maximum absolute atomic E-state index is 11.5. The normalized spacial score (nSPS) is 17.5. The molecule has 0 unspecified atom stereocenters. The maximum Gasteiger partial charge on any atom is 0.136 e. The van der Waals surface area contributed by atoms with E-state index in [4.69, 9.17) is 0 Å². The molecule has 0 N–H and O–H groups in total. The third-order valence-corrected chi connectivity index (χ3v) is 3.63. The largest absolute Gasteiger partial charge is 0.299 e. The number of hydrogen-bond acceptors (Lipinski definition) is 1. The molecule has 15 heavy (non-hydrogen) atoms. The SMILES string of the molecule is CC(=O)C1(Cc2cc(C)ccc2C)CC1. The van der Waals surface area contributed by atoms with E-state index in [0.717, 1.165) is 19.3 Å². The van der Waals surface area contributed by atoms with Crippen LogP contribution in [0.4, 0.5) is 0 Å². The van der Waals surface area contributed by atoms with Crippen LogP contribution in [0.25, 0.3) is 0 Å². The van der Waals surface area contributed by atoms with E-state index in [1.165, 1.54) is 16.7 Å². The highest BCUT2D eigenvalue weighted by Gasteiger charge is 2.47. The first-order valence-corrected chi connectivity index (χ1v) is 5.61. The Balaban J connectivity index is 2.24. The van der Waals surface area contributed by atoms with E-state index in [1.54, 1.807) is 6.92 Å². The molecule has 1 aliphatic carbocycles. The second-order valence-corrected chi connectivity index (χ2v) is 4.94. The minimum atomic E-state index is -0.00144. The number of carbonyl (C=O) groups excluding carboxylic acids is 1. The summed E-state index contributed by atoms with van der Waals surface area (Å²) in [5.74, 6) is 0.364. The fourth-order valence-electron chi connectivity index (χ4n) is 2.16. The Bertz CT molecular complexity index is 400. The Labute approximate surface area is 91.5 Å². The molecule has 80 valence electrons. The van der Waals surface area contributed by atoms with E-state index in [-0.39, 0.29) is 5.41 Å². The second kappa shape index (κ2) is 3.48. The van der Waals surface area contributed by atoms with Gasteiger partial charge in [-0.1, -0.05) is 23.8 Å². The summed E-state index contributed by atoms with van der Waals surface area (Å²) in [5.41, 5.74) is 3.95. The molecule has 1 aromatic carbocycles. The zero-order chi connectivity index (χ0) is 11.1. The predicted molar refractivity (Wildman–Crippen MR) is 62.0 cm³/mol. The molecule has 0 amide bonds. The quantitative estimate of drug-likeness (QED) is 0.735. The van der Waals surface area contributed by atoms with E-state index in [0.29, 0.717) is 5.78 Å². The fraction of sp³-hybridized carbons (Fsp3) is 0.500. The van der Waals surface area contributed by atoms with Crippen LogP contribution in [0.15, 0.2) is 18.2 Å². The average molecular weight is 202 g/mol. The van der Waals surface area contributed by atoms with Gasteiger partial charge in [0.05, 0.1) is 0 Å². The lowest BCUT2D eigenvalue weighted by atomic mass is 9.90. The van der Waals surface area contributed by atoms with Crippen molar-refractivity contribution in [1.29, 1.82) is 0 Å². The van der Waals surface area contributed by atoms with Crippen LogP contribution >= 0.6 is 0 Å². The third-order valence-electron chi connectivity index (χ3n) is 3.63. The maximum atomic E-state index is 11.5. The van der Waals surface area contributed by atoms with E-state index in [1.807, 2.05) is 0 Å². The highest BCUT2D eigenvalue weighted by atomic mass is 16.1. The first kappa shape index (κ1) is 10.4. The van der Waals surface area contributed by atoms with E-state index in [2.05, 4.69) is 32.0 Å². The summed E-state index contributed by atoms with van der Waals surface area (Å²) in [7, 11) is 0. The standard InChI is InChI=1S/C14H18O/c1-10-4-5-11(2)13(8-10)9-14(6-7-14)12(3)15/h4-5,8H,6-7,9H2,1-3H3. The molecular formula is C14H18O.